The second-order valence-electron chi connectivity index (χ2n) is 4.67. The van der Waals surface area contributed by atoms with Crippen LogP contribution in [-0.2, 0) is 16.6 Å². The highest BCUT2D eigenvalue weighted by Gasteiger charge is 2.30. The molecule has 106 valence electrons. The van der Waals surface area contributed by atoms with E-state index in [1.54, 1.807) is 30.8 Å². The summed E-state index contributed by atoms with van der Waals surface area (Å²) in [6.45, 7) is 1.76. The van der Waals surface area contributed by atoms with Crippen LogP contribution >= 0.6 is 15.9 Å². The third-order valence-corrected chi connectivity index (χ3v) is 3.06. The quantitative estimate of drug-likeness (QED) is 0.825. The van der Waals surface area contributed by atoms with Gasteiger partial charge in [-0.2, -0.15) is 0 Å². The summed E-state index contributed by atoms with van der Waals surface area (Å²) in [5.41, 5.74) is -0.506. The van der Waals surface area contributed by atoms with Gasteiger partial charge in [-0.25, -0.2) is 0 Å². The molecular formula is C12H17BrN2O4. The number of nitrogens with zero attached hydrogens (tertiary/aromatic N) is 1. The van der Waals surface area contributed by atoms with E-state index in [-0.39, 0.29) is 18.9 Å². The fourth-order valence-electron chi connectivity index (χ4n) is 1.87. The Morgan fingerprint density at radius 2 is 2.21 bits per heavy atom. The summed E-state index contributed by atoms with van der Waals surface area (Å²) in [4.78, 5) is 23.0. The molecule has 0 aliphatic rings. The minimum atomic E-state index is -0.993. The van der Waals surface area contributed by atoms with E-state index >= 15 is 0 Å². The number of hydrogen-bond acceptors (Lipinski definition) is 3. The third kappa shape index (κ3) is 4.36. The van der Waals surface area contributed by atoms with E-state index in [1.165, 1.54) is 7.11 Å². The summed E-state index contributed by atoms with van der Waals surface area (Å²) in [5, 5.41) is 11.6. The minimum Gasteiger partial charge on any atom is -0.481 e. The number of aliphatic carboxylic acids is 1. The van der Waals surface area contributed by atoms with Crippen LogP contribution in [0.5, 0.6) is 0 Å². The van der Waals surface area contributed by atoms with Crippen LogP contribution in [0.15, 0.2) is 16.7 Å². The van der Waals surface area contributed by atoms with E-state index in [1.807, 2.05) is 0 Å². The van der Waals surface area contributed by atoms with Gasteiger partial charge in [0, 0.05) is 24.8 Å². The van der Waals surface area contributed by atoms with Gasteiger partial charge in [0.2, 0.25) is 0 Å². The third-order valence-electron chi connectivity index (χ3n) is 2.62. The Morgan fingerprint density at radius 1 is 1.58 bits per heavy atom. The first-order chi connectivity index (χ1) is 8.77. The lowest BCUT2D eigenvalue weighted by atomic mass is 9.98. The van der Waals surface area contributed by atoms with Crippen LogP contribution in [0.4, 0.5) is 0 Å². The van der Waals surface area contributed by atoms with E-state index in [0.717, 1.165) is 4.47 Å². The maximum Gasteiger partial charge on any atom is 0.305 e. The zero-order valence-corrected chi connectivity index (χ0v) is 12.7. The lowest BCUT2D eigenvalue weighted by Crippen LogP contribution is -2.51. The zero-order valence-electron chi connectivity index (χ0n) is 11.1. The first-order valence-corrected chi connectivity index (χ1v) is 6.42. The average Bonchev–Trinajstić information content (AvgIpc) is 2.56. The molecule has 0 aromatic carbocycles. The molecule has 7 heteroatoms. The maximum absolute atomic E-state index is 12.1. The lowest BCUT2D eigenvalue weighted by molar-refractivity contribution is -0.139. The molecule has 1 atom stereocenters. The van der Waals surface area contributed by atoms with Crippen molar-refractivity contribution >= 4 is 27.8 Å². The van der Waals surface area contributed by atoms with Crippen molar-refractivity contribution in [3.8, 4) is 0 Å². The monoisotopic (exact) mass is 332 g/mol. The van der Waals surface area contributed by atoms with Crippen LogP contribution in [0.25, 0.3) is 0 Å². The van der Waals surface area contributed by atoms with Gasteiger partial charge in [0.15, 0.2) is 0 Å². The molecule has 0 fully saturated rings. The molecule has 0 aliphatic carbocycles. The SMILES string of the molecule is COCC(C)(CC(=O)O)NC(=O)c1cc(Br)cn1C. The summed E-state index contributed by atoms with van der Waals surface area (Å²) < 4.78 is 7.43. The number of nitrogens with one attached hydrogen (secondary N) is 1. The second-order valence-corrected chi connectivity index (χ2v) is 5.59. The fraction of sp³-hybridized carbons (Fsp3) is 0.500. The average molecular weight is 333 g/mol. The molecule has 1 unspecified atom stereocenters. The first-order valence-electron chi connectivity index (χ1n) is 5.62. The molecule has 0 radical (unpaired) electrons. The fourth-order valence-corrected chi connectivity index (χ4v) is 2.40. The Balaban J connectivity index is 2.87. The normalized spacial score (nSPS) is 13.9. The van der Waals surface area contributed by atoms with E-state index in [4.69, 9.17) is 9.84 Å². The molecule has 1 aromatic heterocycles. The van der Waals surface area contributed by atoms with Crippen molar-refractivity contribution in [1.82, 2.24) is 9.88 Å². The molecule has 19 heavy (non-hydrogen) atoms. The van der Waals surface area contributed by atoms with Gasteiger partial charge in [-0.3, -0.25) is 9.59 Å². The van der Waals surface area contributed by atoms with Gasteiger partial charge in [-0.15, -0.1) is 0 Å². The van der Waals surface area contributed by atoms with E-state index in [2.05, 4.69) is 21.2 Å². The maximum atomic E-state index is 12.1. The Hall–Kier alpha value is -1.34. The molecule has 6 nitrogen and oxygen atoms in total. The number of carboxylic acids is 1. The molecule has 0 bridgehead atoms. The van der Waals surface area contributed by atoms with Crippen molar-refractivity contribution in [2.24, 2.45) is 7.05 Å². The predicted octanol–water partition coefficient (Wildman–Crippen LogP) is 1.40. The van der Waals surface area contributed by atoms with Gasteiger partial charge in [-0.1, -0.05) is 0 Å². The van der Waals surface area contributed by atoms with Crippen molar-refractivity contribution in [2.75, 3.05) is 13.7 Å². The van der Waals surface area contributed by atoms with Gasteiger partial charge >= 0.3 is 5.97 Å². The first kappa shape index (κ1) is 15.7. The summed E-state index contributed by atoms with van der Waals surface area (Å²) in [5.74, 6) is -1.33. The van der Waals surface area contributed by atoms with Crippen molar-refractivity contribution in [1.29, 1.82) is 0 Å². The number of hydrogen-bond donors (Lipinski definition) is 2. The Morgan fingerprint density at radius 3 is 2.63 bits per heavy atom. The van der Waals surface area contributed by atoms with Gasteiger partial charge < -0.3 is 19.7 Å². The summed E-state index contributed by atoms with van der Waals surface area (Å²) in [6, 6.07) is 1.67. The second kappa shape index (κ2) is 6.21. The topological polar surface area (TPSA) is 80.6 Å². The number of methoxy groups -OCH3 is 1. The Kier molecular flexibility index (Phi) is 5.13. The van der Waals surface area contributed by atoms with Crippen LogP contribution in [0.2, 0.25) is 0 Å². The molecule has 0 saturated heterocycles. The number of halogens is 1. The number of carbonyl (C=O) groups excluding carboxylic acids is 1. The largest absolute Gasteiger partial charge is 0.481 e. The molecule has 1 heterocycles. The minimum absolute atomic E-state index is 0.122. The number of carboxylic acid groups (broad SMARTS) is 1. The van der Waals surface area contributed by atoms with E-state index in [0.29, 0.717) is 5.69 Å². The Labute approximate surface area is 119 Å². The highest BCUT2D eigenvalue weighted by molar-refractivity contribution is 9.10. The van der Waals surface area contributed by atoms with E-state index < -0.39 is 11.5 Å². The van der Waals surface area contributed by atoms with Gasteiger partial charge in [0.25, 0.3) is 5.91 Å². The van der Waals surface area contributed by atoms with Crippen molar-refractivity contribution in [3.05, 3.63) is 22.4 Å². The highest BCUT2D eigenvalue weighted by Crippen LogP contribution is 2.16. The highest BCUT2D eigenvalue weighted by atomic mass is 79.9. The van der Waals surface area contributed by atoms with Gasteiger partial charge in [-0.05, 0) is 28.9 Å². The summed E-state index contributed by atoms with van der Waals surface area (Å²) in [6.07, 6.45) is 1.54. The smallest absolute Gasteiger partial charge is 0.305 e. The van der Waals surface area contributed by atoms with Gasteiger partial charge in [0.1, 0.15) is 5.69 Å². The number of ether oxygens (including phenoxy) is 1. The van der Waals surface area contributed by atoms with E-state index in [9.17, 15) is 9.59 Å². The zero-order chi connectivity index (χ0) is 14.6. The van der Waals surface area contributed by atoms with Crippen molar-refractivity contribution < 1.29 is 19.4 Å². The van der Waals surface area contributed by atoms with Crippen LogP contribution in [0.3, 0.4) is 0 Å². The molecule has 0 saturated carbocycles. The molecule has 0 aliphatic heterocycles. The molecular weight excluding hydrogens is 316 g/mol. The summed E-state index contributed by atoms with van der Waals surface area (Å²) >= 11 is 3.28. The lowest BCUT2D eigenvalue weighted by Gasteiger charge is -2.28. The number of aryl methyl sites for hydroxylation is 1. The molecule has 1 amide bonds. The number of amides is 1. The number of carbonyl (C=O) groups is 2. The number of aromatic nitrogens is 1. The molecule has 1 rings (SSSR count). The molecule has 2 N–H and O–H groups in total. The standard InChI is InChI=1S/C12H17BrN2O4/c1-12(7-19-3,5-10(16)17)14-11(18)9-4-8(13)6-15(9)2/h4,6H,5,7H2,1-3H3,(H,14,18)(H,16,17). The van der Waals surface area contributed by atoms with Crippen molar-refractivity contribution in [3.63, 3.8) is 0 Å². The van der Waals surface area contributed by atoms with Crippen LogP contribution < -0.4 is 5.32 Å². The van der Waals surface area contributed by atoms with Gasteiger partial charge in [0.05, 0.1) is 18.6 Å². The molecule has 1 aromatic rings. The van der Waals surface area contributed by atoms with Crippen LogP contribution in [0.1, 0.15) is 23.8 Å². The molecule has 0 spiro atoms. The predicted molar refractivity (Wildman–Crippen MR) is 73.1 cm³/mol. The summed E-state index contributed by atoms with van der Waals surface area (Å²) in [7, 11) is 3.20. The Bertz CT molecular complexity index is 486. The number of rotatable bonds is 6. The van der Waals surface area contributed by atoms with Crippen LogP contribution in [-0.4, -0.2) is 40.8 Å². The van der Waals surface area contributed by atoms with Crippen molar-refractivity contribution in [2.45, 2.75) is 18.9 Å². The van der Waals surface area contributed by atoms with Crippen LogP contribution in [0, 0.1) is 0 Å².